The predicted molar refractivity (Wildman–Crippen MR) is 61.8 cm³/mol. The van der Waals surface area contributed by atoms with Crippen molar-refractivity contribution in [3.8, 4) is 0 Å². The van der Waals surface area contributed by atoms with Crippen molar-refractivity contribution in [3.63, 3.8) is 0 Å². The fraction of sp³-hybridized carbons (Fsp3) is 0.417. The Labute approximate surface area is 90.7 Å². The van der Waals surface area contributed by atoms with Gasteiger partial charge in [0, 0.05) is 18.2 Å². The molecule has 0 saturated carbocycles. The summed E-state index contributed by atoms with van der Waals surface area (Å²) in [6.45, 7) is 4.50. The van der Waals surface area contributed by atoms with Crippen LogP contribution in [0.3, 0.4) is 0 Å². The van der Waals surface area contributed by atoms with Crippen molar-refractivity contribution >= 4 is 5.91 Å². The Morgan fingerprint density at radius 3 is 2.87 bits per heavy atom. The van der Waals surface area contributed by atoms with E-state index in [0.29, 0.717) is 12.1 Å². The van der Waals surface area contributed by atoms with E-state index in [0.717, 1.165) is 12.0 Å². The quantitative estimate of drug-likeness (QED) is 0.783. The molecule has 1 aromatic carbocycles. The van der Waals surface area contributed by atoms with E-state index in [1.165, 1.54) is 0 Å². The number of rotatable bonds is 4. The van der Waals surface area contributed by atoms with Gasteiger partial charge in [0.05, 0.1) is 0 Å². The molecule has 0 fully saturated rings. The minimum atomic E-state index is -0.0531. The standard InChI is InChI=1S/C12H18N2O/c1-3-11(13)8-14-12(15)10-6-4-5-9(2)7-10/h4-7,11H,3,8,13H2,1-2H3,(H,14,15). The molecule has 0 heterocycles. The molecule has 0 aliphatic heterocycles. The Bertz CT molecular complexity index is 336. The highest BCUT2D eigenvalue weighted by atomic mass is 16.1. The van der Waals surface area contributed by atoms with Gasteiger partial charge < -0.3 is 11.1 Å². The summed E-state index contributed by atoms with van der Waals surface area (Å²) in [7, 11) is 0. The van der Waals surface area contributed by atoms with Gasteiger partial charge in [-0.3, -0.25) is 4.79 Å². The highest BCUT2D eigenvalue weighted by Gasteiger charge is 2.06. The van der Waals surface area contributed by atoms with E-state index in [-0.39, 0.29) is 11.9 Å². The second-order valence-electron chi connectivity index (χ2n) is 3.75. The van der Waals surface area contributed by atoms with E-state index in [4.69, 9.17) is 5.73 Å². The van der Waals surface area contributed by atoms with Crippen molar-refractivity contribution < 1.29 is 4.79 Å². The van der Waals surface area contributed by atoms with Gasteiger partial charge in [-0.15, -0.1) is 0 Å². The monoisotopic (exact) mass is 206 g/mol. The summed E-state index contributed by atoms with van der Waals surface area (Å²) in [5, 5.41) is 2.81. The summed E-state index contributed by atoms with van der Waals surface area (Å²) in [5.74, 6) is -0.0531. The molecule has 1 unspecified atom stereocenters. The van der Waals surface area contributed by atoms with Gasteiger partial charge in [0.1, 0.15) is 0 Å². The van der Waals surface area contributed by atoms with E-state index >= 15 is 0 Å². The number of hydrogen-bond acceptors (Lipinski definition) is 2. The highest BCUT2D eigenvalue weighted by Crippen LogP contribution is 2.03. The van der Waals surface area contributed by atoms with Crippen LogP contribution in [0.1, 0.15) is 29.3 Å². The van der Waals surface area contributed by atoms with Crippen LogP contribution in [0.25, 0.3) is 0 Å². The smallest absolute Gasteiger partial charge is 0.251 e. The molecule has 1 amide bonds. The van der Waals surface area contributed by atoms with Crippen LogP contribution in [0.5, 0.6) is 0 Å². The molecule has 3 N–H and O–H groups in total. The molecule has 3 nitrogen and oxygen atoms in total. The van der Waals surface area contributed by atoms with Gasteiger partial charge in [-0.05, 0) is 25.5 Å². The predicted octanol–water partition coefficient (Wildman–Crippen LogP) is 1.46. The van der Waals surface area contributed by atoms with Crippen molar-refractivity contribution in [2.45, 2.75) is 26.3 Å². The lowest BCUT2D eigenvalue weighted by molar-refractivity contribution is 0.0951. The third-order valence-corrected chi connectivity index (χ3v) is 2.33. The minimum Gasteiger partial charge on any atom is -0.350 e. The van der Waals surface area contributed by atoms with E-state index in [9.17, 15) is 4.79 Å². The zero-order chi connectivity index (χ0) is 11.3. The Balaban J connectivity index is 2.54. The average molecular weight is 206 g/mol. The topological polar surface area (TPSA) is 55.1 Å². The second-order valence-corrected chi connectivity index (χ2v) is 3.75. The summed E-state index contributed by atoms with van der Waals surface area (Å²) >= 11 is 0. The van der Waals surface area contributed by atoms with Crippen LogP contribution in [0.2, 0.25) is 0 Å². The van der Waals surface area contributed by atoms with E-state index in [2.05, 4.69) is 5.32 Å². The minimum absolute atomic E-state index is 0.0405. The maximum absolute atomic E-state index is 11.7. The normalized spacial score (nSPS) is 12.2. The van der Waals surface area contributed by atoms with Crippen LogP contribution in [-0.4, -0.2) is 18.5 Å². The number of nitrogens with two attached hydrogens (primary N) is 1. The Morgan fingerprint density at radius 1 is 1.53 bits per heavy atom. The van der Waals surface area contributed by atoms with Crippen LogP contribution < -0.4 is 11.1 Å². The maximum Gasteiger partial charge on any atom is 0.251 e. The number of carbonyl (C=O) groups excluding carboxylic acids is 1. The van der Waals surface area contributed by atoms with E-state index in [1.807, 2.05) is 32.0 Å². The number of hydrogen-bond donors (Lipinski definition) is 2. The fourth-order valence-corrected chi connectivity index (χ4v) is 1.26. The largest absolute Gasteiger partial charge is 0.350 e. The molecule has 0 saturated heterocycles. The number of amides is 1. The van der Waals surface area contributed by atoms with Gasteiger partial charge in [0.25, 0.3) is 5.91 Å². The second kappa shape index (κ2) is 5.51. The van der Waals surface area contributed by atoms with Crippen LogP contribution in [0.4, 0.5) is 0 Å². The molecular weight excluding hydrogens is 188 g/mol. The van der Waals surface area contributed by atoms with Crippen molar-refractivity contribution in [1.29, 1.82) is 0 Å². The molecule has 1 aromatic rings. The lowest BCUT2D eigenvalue weighted by Crippen LogP contribution is -2.36. The maximum atomic E-state index is 11.7. The first-order valence-electron chi connectivity index (χ1n) is 5.24. The molecule has 15 heavy (non-hydrogen) atoms. The molecule has 0 aliphatic rings. The first-order chi connectivity index (χ1) is 7.13. The molecule has 0 aromatic heterocycles. The fourth-order valence-electron chi connectivity index (χ4n) is 1.26. The lowest BCUT2D eigenvalue weighted by Gasteiger charge is -2.10. The molecule has 1 rings (SSSR count). The summed E-state index contributed by atoms with van der Waals surface area (Å²) in [4.78, 5) is 11.7. The zero-order valence-electron chi connectivity index (χ0n) is 9.29. The van der Waals surface area contributed by atoms with Gasteiger partial charge in [0.2, 0.25) is 0 Å². The lowest BCUT2D eigenvalue weighted by atomic mass is 10.1. The van der Waals surface area contributed by atoms with Gasteiger partial charge in [-0.2, -0.15) is 0 Å². The number of nitrogens with one attached hydrogen (secondary N) is 1. The van der Waals surface area contributed by atoms with Gasteiger partial charge in [-0.1, -0.05) is 24.6 Å². The molecule has 0 spiro atoms. The van der Waals surface area contributed by atoms with Crippen LogP contribution in [-0.2, 0) is 0 Å². The van der Waals surface area contributed by atoms with E-state index < -0.39 is 0 Å². The first-order valence-corrected chi connectivity index (χ1v) is 5.24. The summed E-state index contributed by atoms with van der Waals surface area (Å²) < 4.78 is 0. The molecular formula is C12H18N2O. The zero-order valence-corrected chi connectivity index (χ0v) is 9.29. The summed E-state index contributed by atoms with van der Waals surface area (Å²) in [6.07, 6.45) is 0.869. The highest BCUT2D eigenvalue weighted by molar-refractivity contribution is 5.94. The van der Waals surface area contributed by atoms with Gasteiger partial charge in [-0.25, -0.2) is 0 Å². The van der Waals surface area contributed by atoms with Gasteiger partial charge >= 0.3 is 0 Å². The van der Waals surface area contributed by atoms with Crippen LogP contribution in [0, 0.1) is 6.92 Å². The van der Waals surface area contributed by atoms with Crippen molar-refractivity contribution in [2.24, 2.45) is 5.73 Å². The summed E-state index contributed by atoms with van der Waals surface area (Å²) in [5.41, 5.74) is 7.49. The molecule has 82 valence electrons. The Kier molecular flexibility index (Phi) is 4.31. The number of aryl methyl sites for hydroxylation is 1. The third kappa shape index (κ3) is 3.72. The molecule has 0 radical (unpaired) electrons. The molecule has 0 bridgehead atoms. The van der Waals surface area contributed by atoms with E-state index in [1.54, 1.807) is 6.07 Å². The molecule has 1 atom stereocenters. The summed E-state index contributed by atoms with van der Waals surface area (Å²) in [6, 6.07) is 7.56. The van der Waals surface area contributed by atoms with Crippen molar-refractivity contribution in [3.05, 3.63) is 35.4 Å². The molecule has 3 heteroatoms. The Morgan fingerprint density at radius 2 is 2.27 bits per heavy atom. The number of carbonyl (C=O) groups is 1. The average Bonchev–Trinajstić information content (AvgIpc) is 2.25. The van der Waals surface area contributed by atoms with Gasteiger partial charge in [0.15, 0.2) is 0 Å². The SMILES string of the molecule is CCC(N)CNC(=O)c1cccc(C)c1. The number of benzene rings is 1. The van der Waals surface area contributed by atoms with Crippen LogP contribution >= 0.6 is 0 Å². The third-order valence-electron chi connectivity index (χ3n) is 2.33. The Hall–Kier alpha value is -1.35. The van der Waals surface area contributed by atoms with Crippen molar-refractivity contribution in [2.75, 3.05) is 6.54 Å². The van der Waals surface area contributed by atoms with Crippen molar-refractivity contribution in [1.82, 2.24) is 5.32 Å². The molecule has 0 aliphatic carbocycles. The van der Waals surface area contributed by atoms with Crippen LogP contribution in [0.15, 0.2) is 24.3 Å². The first kappa shape index (κ1) is 11.7.